The van der Waals surface area contributed by atoms with Crippen molar-refractivity contribution in [1.29, 1.82) is 0 Å². The monoisotopic (exact) mass is 279 g/mol. The van der Waals surface area contributed by atoms with Crippen molar-refractivity contribution in [2.75, 3.05) is 6.54 Å². The van der Waals surface area contributed by atoms with Gasteiger partial charge in [0.05, 0.1) is 0 Å². The third-order valence-corrected chi connectivity index (χ3v) is 2.47. The number of hydrogen-bond donors (Lipinski definition) is 1. The van der Waals surface area contributed by atoms with Crippen LogP contribution < -0.4 is 5.73 Å². The van der Waals surface area contributed by atoms with E-state index in [1.54, 1.807) is 0 Å². The normalized spacial score (nSPS) is 13.6. The molecule has 70 valence electrons. The first kappa shape index (κ1) is 12.2. The van der Waals surface area contributed by atoms with E-state index in [9.17, 15) is 0 Å². The summed E-state index contributed by atoms with van der Waals surface area (Å²) in [5.41, 5.74) is 6.73. The minimum atomic E-state index is 0.625. The van der Waals surface area contributed by atoms with Crippen LogP contribution in [0.3, 0.4) is 0 Å². The predicted octanol–water partition coefficient (Wildman–Crippen LogP) is 3.26. The van der Waals surface area contributed by atoms with Gasteiger partial charge in [-0.15, -0.1) is 0 Å². The van der Waals surface area contributed by atoms with Crippen molar-refractivity contribution in [3.63, 3.8) is 0 Å². The van der Waals surface area contributed by atoms with Gasteiger partial charge in [0.15, 0.2) is 0 Å². The number of allylic oxidation sites excluding steroid dienone is 2. The number of hydrogen-bond acceptors (Lipinski definition) is 1. The Balaban J connectivity index is 3.78. The zero-order chi connectivity index (χ0) is 9.40. The van der Waals surface area contributed by atoms with Gasteiger partial charge in [-0.1, -0.05) is 40.8 Å². The van der Waals surface area contributed by atoms with Crippen molar-refractivity contribution in [2.24, 2.45) is 11.7 Å². The molecule has 0 amide bonds. The molecule has 0 heterocycles. The fourth-order valence-corrected chi connectivity index (χ4v) is 1.44. The van der Waals surface area contributed by atoms with Crippen LogP contribution in [0.25, 0.3) is 0 Å². The third-order valence-electron chi connectivity index (χ3n) is 1.96. The van der Waals surface area contributed by atoms with E-state index in [-0.39, 0.29) is 0 Å². The summed E-state index contributed by atoms with van der Waals surface area (Å²) in [5.74, 6) is 0.625. The second-order valence-corrected chi connectivity index (χ2v) is 3.79. The van der Waals surface area contributed by atoms with Crippen LogP contribution in [0.1, 0.15) is 26.2 Å². The average molecular weight is 279 g/mol. The largest absolute Gasteiger partial charge is 0.330 e. The van der Waals surface area contributed by atoms with E-state index < -0.39 is 0 Å². The molecule has 1 unspecified atom stereocenters. The van der Waals surface area contributed by atoms with E-state index in [2.05, 4.69) is 46.3 Å². The molecular weight excluding hydrogens is 261 g/mol. The summed E-state index contributed by atoms with van der Waals surface area (Å²) >= 11 is 2.25. The van der Waals surface area contributed by atoms with Crippen LogP contribution >= 0.6 is 22.6 Å². The van der Waals surface area contributed by atoms with Gasteiger partial charge in [0.2, 0.25) is 0 Å². The first-order valence-electron chi connectivity index (χ1n) is 4.33. The van der Waals surface area contributed by atoms with E-state index in [4.69, 9.17) is 5.73 Å². The van der Waals surface area contributed by atoms with Crippen molar-refractivity contribution in [1.82, 2.24) is 0 Å². The average Bonchev–Trinajstić information content (AvgIpc) is 2.04. The number of rotatable bonds is 6. The van der Waals surface area contributed by atoms with Crippen LogP contribution in [0.2, 0.25) is 0 Å². The highest BCUT2D eigenvalue weighted by molar-refractivity contribution is 14.1. The predicted molar refractivity (Wildman–Crippen MR) is 64.4 cm³/mol. The molecule has 0 aromatic heterocycles. The molecular formula is C10H18IN. The number of halogens is 1. The Morgan fingerprint density at radius 3 is 2.75 bits per heavy atom. The quantitative estimate of drug-likeness (QED) is 0.586. The third kappa shape index (κ3) is 5.77. The highest BCUT2D eigenvalue weighted by atomic mass is 127. The van der Waals surface area contributed by atoms with Gasteiger partial charge in [0.25, 0.3) is 0 Å². The van der Waals surface area contributed by atoms with Crippen molar-refractivity contribution in [3.05, 3.63) is 22.3 Å². The van der Waals surface area contributed by atoms with E-state index in [1.807, 2.05) is 0 Å². The van der Waals surface area contributed by atoms with Gasteiger partial charge < -0.3 is 5.73 Å². The van der Waals surface area contributed by atoms with Gasteiger partial charge in [-0.25, -0.2) is 0 Å². The van der Waals surface area contributed by atoms with E-state index in [0.29, 0.717) is 5.92 Å². The molecule has 0 radical (unpaired) electrons. The zero-order valence-electron chi connectivity index (χ0n) is 7.72. The Bertz CT molecular complexity index is 152. The minimum Gasteiger partial charge on any atom is -0.330 e. The molecule has 1 atom stereocenters. The standard InChI is InChI=1S/C10H18IN/c1-9(2)10(5-3-7-11)6-4-8-12/h3,7,10H,1,4-6,8,12H2,2H3/b7-3+. The summed E-state index contributed by atoms with van der Waals surface area (Å²) in [6.45, 7) is 6.87. The molecule has 2 N–H and O–H groups in total. The second kappa shape index (κ2) is 7.80. The summed E-state index contributed by atoms with van der Waals surface area (Å²) < 4.78 is 2.07. The van der Waals surface area contributed by atoms with Crippen molar-refractivity contribution >= 4 is 22.6 Å². The molecule has 0 aromatic rings. The van der Waals surface area contributed by atoms with Gasteiger partial charge in [-0.3, -0.25) is 0 Å². The molecule has 0 rings (SSSR count). The SMILES string of the molecule is C=C(C)C(C/C=C/I)CCCN. The lowest BCUT2D eigenvalue weighted by molar-refractivity contribution is 0.547. The highest BCUT2D eigenvalue weighted by Crippen LogP contribution is 2.19. The van der Waals surface area contributed by atoms with Crippen molar-refractivity contribution in [3.8, 4) is 0 Å². The van der Waals surface area contributed by atoms with Gasteiger partial charge in [0.1, 0.15) is 0 Å². The Hall–Kier alpha value is 0.170. The maximum absolute atomic E-state index is 5.46. The molecule has 0 spiro atoms. The Labute approximate surface area is 89.2 Å². The molecule has 2 heteroatoms. The highest BCUT2D eigenvalue weighted by Gasteiger charge is 2.05. The molecule has 0 saturated heterocycles. The summed E-state index contributed by atoms with van der Waals surface area (Å²) in [5, 5.41) is 0. The summed E-state index contributed by atoms with van der Waals surface area (Å²) in [7, 11) is 0. The maximum atomic E-state index is 5.46. The van der Waals surface area contributed by atoms with Gasteiger partial charge in [0, 0.05) is 0 Å². The first-order valence-corrected chi connectivity index (χ1v) is 5.57. The smallest absolute Gasteiger partial charge is 0.00771 e. The molecule has 12 heavy (non-hydrogen) atoms. The molecule has 0 fully saturated rings. The van der Waals surface area contributed by atoms with Gasteiger partial charge in [-0.2, -0.15) is 0 Å². The second-order valence-electron chi connectivity index (χ2n) is 3.07. The van der Waals surface area contributed by atoms with Gasteiger partial charge >= 0.3 is 0 Å². The lowest BCUT2D eigenvalue weighted by Gasteiger charge is -2.13. The van der Waals surface area contributed by atoms with Crippen LogP contribution in [-0.2, 0) is 0 Å². The minimum absolute atomic E-state index is 0.625. The summed E-state index contributed by atoms with van der Waals surface area (Å²) in [6, 6.07) is 0. The van der Waals surface area contributed by atoms with Crippen molar-refractivity contribution < 1.29 is 0 Å². The maximum Gasteiger partial charge on any atom is -0.00771 e. The Kier molecular flexibility index (Phi) is 7.91. The molecule has 0 aliphatic rings. The summed E-state index contributed by atoms with van der Waals surface area (Å²) in [4.78, 5) is 0. The fourth-order valence-electron chi connectivity index (χ4n) is 1.15. The molecule has 1 nitrogen and oxygen atoms in total. The molecule has 0 aliphatic heterocycles. The summed E-state index contributed by atoms with van der Waals surface area (Å²) in [6.07, 6.45) is 5.58. The lowest BCUT2D eigenvalue weighted by atomic mass is 9.93. The van der Waals surface area contributed by atoms with E-state index in [0.717, 1.165) is 19.4 Å². The van der Waals surface area contributed by atoms with E-state index in [1.165, 1.54) is 12.0 Å². The van der Waals surface area contributed by atoms with E-state index >= 15 is 0 Å². The van der Waals surface area contributed by atoms with Crippen LogP contribution in [0.5, 0.6) is 0 Å². The molecule has 0 bridgehead atoms. The fraction of sp³-hybridized carbons (Fsp3) is 0.600. The van der Waals surface area contributed by atoms with Crippen LogP contribution in [0, 0.1) is 5.92 Å². The van der Waals surface area contributed by atoms with Crippen LogP contribution in [0.4, 0.5) is 0 Å². The lowest BCUT2D eigenvalue weighted by Crippen LogP contribution is -2.05. The Morgan fingerprint density at radius 2 is 2.33 bits per heavy atom. The topological polar surface area (TPSA) is 26.0 Å². The number of nitrogens with two attached hydrogens (primary N) is 1. The zero-order valence-corrected chi connectivity index (χ0v) is 9.88. The van der Waals surface area contributed by atoms with Crippen LogP contribution in [-0.4, -0.2) is 6.54 Å². The first-order chi connectivity index (χ1) is 5.72. The Morgan fingerprint density at radius 1 is 1.67 bits per heavy atom. The molecule has 0 aromatic carbocycles. The van der Waals surface area contributed by atoms with Crippen molar-refractivity contribution in [2.45, 2.75) is 26.2 Å². The van der Waals surface area contributed by atoms with Crippen LogP contribution in [0.15, 0.2) is 22.3 Å². The molecule has 0 saturated carbocycles. The van der Waals surface area contributed by atoms with Gasteiger partial charge in [-0.05, 0) is 42.7 Å². The molecule has 0 aliphatic carbocycles.